The number of hydrogen-bond donors (Lipinski definition) is 1. The summed E-state index contributed by atoms with van der Waals surface area (Å²) < 4.78 is 1.75. The van der Waals surface area contributed by atoms with Crippen molar-refractivity contribution in [2.24, 2.45) is 5.73 Å². The summed E-state index contributed by atoms with van der Waals surface area (Å²) in [5.41, 5.74) is 5.98. The van der Waals surface area contributed by atoms with Gasteiger partial charge in [-0.05, 0) is 12.1 Å². The molecule has 0 atom stereocenters. The average molecular weight is 209 g/mol. The van der Waals surface area contributed by atoms with Gasteiger partial charge in [0.15, 0.2) is 0 Å². The van der Waals surface area contributed by atoms with Crippen LogP contribution in [0.5, 0.6) is 0 Å². The standard InChI is InChI=1S/C10H9ClN2O/c11-8-3-1-2-7-4-5-13(10(7)8)6-9(12)14/h1-5H,6H2,(H2,12,14). The van der Waals surface area contributed by atoms with Crippen LogP contribution < -0.4 is 5.73 Å². The lowest BCUT2D eigenvalue weighted by Crippen LogP contribution is -2.17. The molecule has 0 radical (unpaired) electrons. The normalized spacial score (nSPS) is 10.6. The van der Waals surface area contributed by atoms with Gasteiger partial charge in [-0.15, -0.1) is 0 Å². The molecule has 14 heavy (non-hydrogen) atoms. The number of nitrogens with two attached hydrogens (primary N) is 1. The maximum atomic E-state index is 10.8. The van der Waals surface area contributed by atoms with Gasteiger partial charge in [0, 0.05) is 11.6 Å². The Bertz CT molecular complexity index is 490. The van der Waals surface area contributed by atoms with Gasteiger partial charge in [-0.3, -0.25) is 4.79 Å². The van der Waals surface area contributed by atoms with Crippen molar-refractivity contribution in [3.8, 4) is 0 Å². The molecule has 2 N–H and O–H groups in total. The van der Waals surface area contributed by atoms with Gasteiger partial charge in [0.2, 0.25) is 5.91 Å². The van der Waals surface area contributed by atoms with E-state index in [4.69, 9.17) is 17.3 Å². The summed E-state index contributed by atoms with van der Waals surface area (Å²) in [6, 6.07) is 7.52. The lowest BCUT2D eigenvalue weighted by atomic mass is 10.2. The van der Waals surface area contributed by atoms with Crippen molar-refractivity contribution in [1.29, 1.82) is 0 Å². The van der Waals surface area contributed by atoms with Gasteiger partial charge in [-0.2, -0.15) is 0 Å². The van der Waals surface area contributed by atoms with Crippen LogP contribution in [0, 0.1) is 0 Å². The molecule has 0 bridgehead atoms. The number of fused-ring (bicyclic) bond motifs is 1. The first-order valence-corrected chi connectivity index (χ1v) is 4.58. The van der Waals surface area contributed by atoms with E-state index in [1.807, 2.05) is 18.2 Å². The van der Waals surface area contributed by atoms with E-state index in [1.165, 1.54) is 0 Å². The highest BCUT2D eigenvalue weighted by Crippen LogP contribution is 2.23. The lowest BCUT2D eigenvalue weighted by molar-refractivity contribution is -0.118. The molecule has 72 valence electrons. The third kappa shape index (κ3) is 1.46. The molecule has 0 saturated heterocycles. The Kier molecular flexibility index (Phi) is 2.17. The average Bonchev–Trinajstić information content (AvgIpc) is 2.49. The maximum absolute atomic E-state index is 10.8. The fourth-order valence-corrected chi connectivity index (χ4v) is 1.80. The molecule has 0 aliphatic carbocycles. The van der Waals surface area contributed by atoms with Crippen LogP contribution in [-0.4, -0.2) is 10.5 Å². The minimum Gasteiger partial charge on any atom is -0.368 e. The van der Waals surface area contributed by atoms with Crippen LogP contribution in [0.3, 0.4) is 0 Å². The Balaban J connectivity index is 2.61. The molecule has 1 heterocycles. The molecule has 4 heteroatoms. The summed E-state index contributed by atoms with van der Waals surface area (Å²) in [7, 11) is 0. The van der Waals surface area contributed by atoms with E-state index in [-0.39, 0.29) is 12.5 Å². The molecular weight excluding hydrogens is 200 g/mol. The Hall–Kier alpha value is -1.48. The molecule has 0 aliphatic rings. The van der Waals surface area contributed by atoms with E-state index in [2.05, 4.69) is 0 Å². The number of hydrogen-bond acceptors (Lipinski definition) is 1. The summed E-state index contributed by atoms with van der Waals surface area (Å²) in [5.74, 6) is -0.373. The van der Waals surface area contributed by atoms with Crippen molar-refractivity contribution < 1.29 is 4.79 Å². The van der Waals surface area contributed by atoms with Crippen LogP contribution >= 0.6 is 11.6 Å². The number of benzene rings is 1. The summed E-state index contributed by atoms with van der Waals surface area (Å²) >= 11 is 6.01. The summed E-state index contributed by atoms with van der Waals surface area (Å²) in [5, 5.41) is 1.65. The third-order valence-corrected chi connectivity index (χ3v) is 2.37. The lowest BCUT2D eigenvalue weighted by Gasteiger charge is -2.02. The van der Waals surface area contributed by atoms with Crippen molar-refractivity contribution in [3.05, 3.63) is 35.5 Å². The van der Waals surface area contributed by atoms with E-state index in [0.29, 0.717) is 5.02 Å². The molecule has 1 aromatic carbocycles. The largest absolute Gasteiger partial charge is 0.368 e. The van der Waals surface area contributed by atoms with E-state index in [0.717, 1.165) is 10.9 Å². The van der Waals surface area contributed by atoms with Gasteiger partial charge in [0.1, 0.15) is 6.54 Å². The number of carbonyl (C=O) groups is 1. The molecule has 1 amide bonds. The monoisotopic (exact) mass is 208 g/mol. The van der Waals surface area contributed by atoms with Gasteiger partial charge in [-0.25, -0.2) is 0 Å². The molecule has 0 fully saturated rings. The number of nitrogens with zero attached hydrogens (tertiary/aromatic N) is 1. The number of para-hydroxylation sites is 1. The number of amides is 1. The highest BCUT2D eigenvalue weighted by molar-refractivity contribution is 6.35. The fourth-order valence-electron chi connectivity index (χ4n) is 1.51. The van der Waals surface area contributed by atoms with Crippen molar-refractivity contribution in [1.82, 2.24) is 4.57 Å². The first-order valence-electron chi connectivity index (χ1n) is 4.20. The molecule has 2 rings (SSSR count). The van der Waals surface area contributed by atoms with Crippen molar-refractivity contribution in [2.45, 2.75) is 6.54 Å². The maximum Gasteiger partial charge on any atom is 0.237 e. The van der Waals surface area contributed by atoms with Crippen LogP contribution in [0.25, 0.3) is 10.9 Å². The van der Waals surface area contributed by atoms with E-state index in [9.17, 15) is 4.79 Å². The number of rotatable bonds is 2. The Morgan fingerprint density at radius 2 is 2.21 bits per heavy atom. The quantitative estimate of drug-likeness (QED) is 0.804. The molecular formula is C10H9ClN2O. The second kappa shape index (κ2) is 3.35. The zero-order valence-corrected chi connectivity index (χ0v) is 8.16. The van der Waals surface area contributed by atoms with Gasteiger partial charge in [-0.1, -0.05) is 23.7 Å². The predicted octanol–water partition coefficient (Wildman–Crippen LogP) is 1.78. The number of halogens is 1. The molecule has 0 saturated carbocycles. The van der Waals surface area contributed by atoms with Gasteiger partial charge in [0.25, 0.3) is 0 Å². The van der Waals surface area contributed by atoms with Gasteiger partial charge >= 0.3 is 0 Å². The van der Waals surface area contributed by atoms with E-state index < -0.39 is 0 Å². The summed E-state index contributed by atoms with van der Waals surface area (Å²) in [4.78, 5) is 10.8. The SMILES string of the molecule is NC(=O)Cn1ccc2cccc(Cl)c21. The van der Waals surface area contributed by atoms with E-state index in [1.54, 1.807) is 16.8 Å². The highest BCUT2D eigenvalue weighted by Gasteiger charge is 2.05. The van der Waals surface area contributed by atoms with Crippen LogP contribution in [0.2, 0.25) is 5.02 Å². The van der Waals surface area contributed by atoms with Gasteiger partial charge < -0.3 is 10.3 Å². The first kappa shape index (κ1) is 9.09. The van der Waals surface area contributed by atoms with Crippen LogP contribution in [0.1, 0.15) is 0 Å². The van der Waals surface area contributed by atoms with Crippen molar-refractivity contribution >= 4 is 28.4 Å². The van der Waals surface area contributed by atoms with Gasteiger partial charge in [0.05, 0.1) is 10.5 Å². The number of aromatic nitrogens is 1. The molecule has 1 aromatic heterocycles. The smallest absolute Gasteiger partial charge is 0.237 e. The topological polar surface area (TPSA) is 48.0 Å². The number of primary amides is 1. The van der Waals surface area contributed by atoms with Crippen LogP contribution in [0.15, 0.2) is 30.5 Å². The second-order valence-electron chi connectivity index (χ2n) is 3.09. The van der Waals surface area contributed by atoms with Crippen LogP contribution in [-0.2, 0) is 11.3 Å². The Labute approximate surface area is 86.1 Å². The molecule has 0 aliphatic heterocycles. The minimum absolute atomic E-state index is 0.160. The third-order valence-electron chi connectivity index (χ3n) is 2.07. The summed E-state index contributed by atoms with van der Waals surface area (Å²) in [6.45, 7) is 0.160. The zero-order valence-electron chi connectivity index (χ0n) is 7.40. The molecule has 0 unspecified atom stereocenters. The van der Waals surface area contributed by atoms with Crippen LogP contribution in [0.4, 0.5) is 0 Å². The fraction of sp³-hybridized carbons (Fsp3) is 0.100. The highest BCUT2D eigenvalue weighted by atomic mass is 35.5. The van der Waals surface area contributed by atoms with Crippen molar-refractivity contribution in [3.63, 3.8) is 0 Å². The van der Waals surface area contributed by atoms with Crippen molar-refractivity contribution in [2.75, 3.05) is 0 Å². The second-order valence-corrected chi connectivity index (χ2v) is 3.49. The molecule has 0 spiro atoms. The minimum atomic E-state index is -0.373. The predicted molar refractivity (Wildman–Crippen MR) is 56.1 cm³/mol. The molecule has 3 nitrogen and oxygen atoms in total. The van der Waals surface area contributed by atoms with E-state index >= 15 is 0 Å². The first-order chi connectivity index (χ1) is 6.68. The zero-order chi connectivity index (χ0) is 10.1. The molecule has 2 aromatic rings. The Morgan fingerprint density at radius 1 is 1.43 bits per heavy atom. The summed E-state index contributed by atoms with van der Waals surface area (Å²) in [6.07, 6.45) is 1.81. The Morgan fingerprint density at radius 3 is 2.93 bits per heavy atom. The number of carbonyl (C=O) groups excluding carboxylic acids is 1.